The molecule has 0 radical (unpaired) electrons. The van der Waals surface area contributed by atoms with Crippen LogP contribution in [-0.2, 0) is 4.79 Å². The number of carbonyl (C=O) groups is 1. The summed E-state index contributed by atoms with van der Waals surface area (Å²) in [6, 6.07) is 0.198. The Bertz CT molecular complexity index is 377. The number of hydrogen-bond acceptors (Lipinski definition) is 4. The molecule has 1 saturated carbocycles. The Morgan fingerprint density at radius 3 is 3.06 bits per heavy atom. The third-order valence-electron chi connectivity index (χ3n) is 3.03. The third-order valence-corrected chi connectivity index (χ3v) is 3.86. The molecule has 88 valence electrons. The van der Waals surface area contributed by atoms with Crippen molar-refractivity contribution in [2.75, 3.05) is 5.32 Å². The molecule has 1 heterocycles. The molecule has 0 saturated heterocycles. The zero-order valence-electron chi connectivity index (χ0n) is 9.40. The van der Waals surface area contributed by atoms with E-state index in [0.717, 1.165) is 24.1 Å². The Morgan fingerprint density at radius 2 is 2.50 bits per heavy atom. The zero-order chi connectivity index (χ0) is 11.5. The fraction of sp³-hybridized carbons (Fsp3) is 0.636. The van der Waals surface area contributed by atoms with Gasteiger partial charge >= 0.3 is 0 Å². The minimum absolute atomic E-state index is 0.0386. The van der Waals surface area contributed by atoms with Crippen molar-refractivity contribution in [1.29, 1.82) is 0 Å². The van der Waals surface area contributed by atoms with Gasteiger partial charge in [0.2, 0.25) is 5.91 Å². The molecule has 0 unspecified atom stereocenters. The summed E-state index contributed by atoms with van der Waals surface area (Å²) < 4.78 is 0. The second-order valence-electron chi connectivity index (χ2n) is 4.38. The van der Waals surface area contributed by atoms with Crippen molar-refractivity contribution < 1.29 is 4.79 Å². The average Bonchev–Trinajstić information content (AvgIpc) is 2.77. The van der Waals surface area contributed by atoms with E-state index >= 15 is 0 Å². The van der Waals surface area contributed by atoms with Gasteiger partial charge in [0.05, 0.1) is 0 Å². The van der Waals surface area contributed by atoms with Gasteiger partial charge in [-0.25, -0.2) is 4.98 Å². The van der Waals surface area contributed by atoms with Gasteiger partial charge in [-0.15, -0.1) is 11.3 Å². The highest BCUT2D eigenvalue weighted by molar-refractivity contribution is 7.15. The predicted molar refractivity (Wildman–Crippen MR) is 65.4 cm³/mol. The van der Waals surface area contributed by atoms with Crippen molar-refractivity contribution in [3.63, 3.8) is 0 Å². The lowest BCUT2D eigenvalue weighted by Gasteiger charge is -2.13. The van der Waals surface area contributed by atoms with Gasteiger partial charge in [-0.2, -0.15) is 0 Å². The predicted octanol–water partition coefficient (Wildman–Crippen LogP) is 1.91. The lowest BCUT2D eigenvalue weighted by molar-refractivity contribution is -0.117. The lowest BCUT2D eigenvalue weighted by atomic mass is 10.00. The largest absolute Gasteiger partial charge is 0.327 e. The smallest absolute Gasteiger partial charge is 0.226 e. The fourth-order valence-electron chi connectivity index (χ4n) is 2.14. The molecule has 3 N–H and O–H groups in total. The first-order valence-corrected chi connectivity index (χ1v) is 6.44. The molecule has 2 rings (SSSR count). The van der Waals surface area contributed by atoms with E-state index in [1.54, 1.807) is 6.20 Å². The molecule has 1 aromatic rings. The number of nitrogens with zero attached hydrogens (tertiary/aromatic N) is 1. The first-order chi connectivity index (χ1) is 7.65. The Kier molecular flexibility index (Phi) is 3.56. The molecule has 1 aromatic heterocycles. The van der Waals surface area contributed by atoms with E-state index in [1.165, 1.54) is 11.3 Å². The highest BCUT2D eigenvalue weighted by atomic mass is 32.1. The van der Waals surface area contributed by atoms with E-state index in [9.17, 15) is 4.79 Å². The number of thiazole rings is 1. The summed E-state index contributed by atoms with van der Waals surface area (Å²) >= 11 is 1.50. The van der Waals surface area contributed by atoms with Crippen LogP contribution >= 0.6 is 11.3 Å². The van der Waals surface area contributed by atoms with Crippen LogP contribution in [0.25, 0.3) is 0 Å². The third kappa shape index (κ3) is 2.80. The number of hydrogen-bond donors (Lipinski definition) is 2. The van der Waals surface area contributed by atoms with Gasteiger partial charge in [0.1, 0.15) is 0 Å². The molecule has 5 heteroatoms. The molecular formula is C11H17N3OS. The van der Waals surface area contributed by atoms with Crippen LogP contribution in [0.4, 0.5) is 5.13 Å². The molecule has 4 nitrogen and oxygen atoms in total. The molecule has 1 amide bonds. The molecule has 2 atom stereocenters. The Balaban J connectivity index is 1.84. The number of rotatable bonds is 3. The average molecular weight is 239 g/mol. The summed E-state index contributed by atoms with van der Waals surface area (Å²) in [7, 11) is 0. The van der Waals surface area contributed by atoms with Crippen LogP contribution in [0, 0.1) is 12.8 Å². The van der Waals surface area contributed by atoms with E-state index in [4.69, 9.17) is 5.73 Å². The Hall–Kier alpha value is -0.940. The van der Waals surface area contributed by atoms with Crippen molar-refractivity contribution in [1.82, 2.24) is 4.98 Å². The highest BCUT2D eigenvalue weighted by Crippen LogP contribution is 2.27. The molecule has 1 aliphatic rings. The minimum Gasteiger partial charge on any atom is -0.327 e. The van der Waals surface area contributed by atoms with Gasteiger partial charge in [-0.1, -0.05) is 6.42 Å². The summed E-state index contributed by atoms with van der Waals surface area (Å²) in [4.78, 5) is 16.9. The summed E-state index contributed by atoms with van der Waals surface area (Å²) in [5, 5.41) is 3.51. The maximum atomic E-state index is 11.7. The van der Waals surface area contributed by atoms with E-state index in [2.05, 4.69) is 10.3 Å². The molecule has 0 aliphatic heterocycles. The Labute approximate surface area is 99.3 Å². The van der Waals surface area contributed by atoms with Crippen LogP contribution in [0.15, 0.2) is 6.20 Å². The highest BCUT2D eigenvalue weighted by Gasteiger charge is 2.26. The van der Waals surface area contributed by atoms with E-state index in [-0.39, 0.29) is 11.9 Å². The van der Waals surface area contributed by atoms with Crippen molar-refractivity contribution in [3.8, 4) is 0 Å². The molecule has 0 bridgehead atoms. The molecule has 0 aromatic carbocycles. The second kappa shape index (κ2) is 4.93. The van der Waals surface area contributed by atoms with Crippen LogP contribution in [-0.4, -0.2) is 16.9 Å². The number of carbonyl (C=O) groups excluding carboxylic acids is 1. The number of amides is 1. The van der Waals surface area contributed by atoms with Crippen LogP contribution in [0.3, 0.4) is 0 Å². The zero-order valence-corrected chi connectivity index (χ0v) is 10.2. The molecule has 1 aliphatic carbocycles. The monoisotopic (exact) mass is 239 g/mol. The lowest BCUT2D eigenvalue weighted by Crippen LogP contribution is -2.28. The number of anilines is 1. The van der Waals surface area contributed by atoms with Crippen LogP contribution in [0.5, 0.6) is 0 Å². The second-order valence-corrected chi connectivity index (χ2v) is 5.62. The maximum absolute atomic E-state index is 11.7. The number of aryl methyl sites for hydroxylation is 1. The van der Waals surface area contributed by atoms with Crippen molar-refractivity contribution in [3.05, 3.63) is 11.1 Å². The van der Waals surface area contributed by atoms with Crippen LogP contribution < -0.4 is 11.1 Å². The van der Waals surface area contributed by atoms with Crippen molar-refractivity contribution >= 4 is 22.4 Å². The van der Waals surface area contributed by atoms with Gasteiger partial charge in [-0.05, 0) is 25.7 Å². The first-order valence-electron chi connectivity index (χ1n) is 5.63. The maximum Gasteiger partial charge on any atom is 0.226 e. The number of aromatic nitrogens is 1. The molecular weight excluding hydrogens is 222 g/mol. The SMILES string of the molecule is Cc1cnc(NC(=O)C[C@@H]2CCC[C@H]2N)s1. The normalized spacial score (nSPS) is 24.6. The fourth-order valence-corrected chi connectivity index (χ4v) is 2.82. The van der Waals surface area contributed by atoms with Gasteiger partial charge in [0, 0.05) is 23.5 Å². The van der Waals surface area contributed by atoms with Gasteiger partial charge in [0.25, 0.3) is 0 Å². The number of nitrogens with two attached hydrogens (primary N) is 1. The summed E-state index contributed by atoms with van der Waals surface area (Å²) in [6.45, 7) is 1.97. The summed E-state index contributed by atoms with van der Waals surface area (Å²) in [5.41, 5.74) is 5.93. The van der Waals surface area contributed by atoms with E-state index in [1.807, 2.05) is 6.92 Å². The van der Waals surface area contributed by atoms with Crippen LogP contribution in [0.2, 0.25) is 0 Å². The van der Waals surface area contributed by atoms with E-state index in [0.29, 0.717) is 17.5 Å². The molecule has 0 spiro atoms. The van der Waals surface area contributed by atoms with Crippen LogP contribution in [0.1, 0.15) is 30.6 Å². The topological polar surface area (TPSA) is 68.0 Å². The van der Waals surface area contributed by atoms with Gasteiger partial charge in [-0.3, -0.25) is 4.79 Å². The standard InChI is InChI=1S/C11H17N3OS/c1-7-6-13-11(16-7)14-10(15)5-8-3-2-4-9(8)12/h6,8-9H,2-5,12H2,1H3,(H,13,14,15)/t8-,9+/m0/s1. The van der Waals surface area contributed by atoms with Crippen molar-refractivity contribution in [2.24, 2.45) is 11.7 Å². The minimum atomic E-state index is 0.0386. The number of nitrogens with one attached hydrogen (secondary N) is 1. The quantitative estimate of drug-likeness (QED) is 0.846. The molecule has 16 heavy (non-hydrogen) atoms. The van der Waals surface area contributed by atoms with E-state index < -0.39 is 0 Å². The first kappa shape index (κ1) is 11.5. The summed E-state index contributed by atoms with van der Waals surface area (Å²) in [6.07, 6.45) is 5.57. The van der Waals surface area contributed by atoms with Gasteiger partial charge < -0.3 is 11.1 Å². The van der Waals surface area contributed by atoms with Crippen molar-refractivity contribution in [2.45, 2.75) is 38.6 Å². The molecule has 1 fully saturated rings. The Morgan fingerprint density at radius 1 is 1.69 bits per heavy atom. The van der Waals surface area contributed by atoms with Gasteiger partial charge in [0.15, 0.2) is 5.13 Å². The summed E-state index contributed by atoms with van der Waals surface area (Å²) in [5.74, 6) is 0.387.